The van der Waals surface area contributed by atoms with E-state index in [1.54, 1.807) is 54.6 Å². The van der Waals surface area contributed by atoms with E-state index >= 15 is 0 Å². The van der Waals surface area contributed by atoms with Gasteiger partial charge in [0.15, 0.2) is 23.5 Å². The third-order valence-electron chi connectivity index (χ3n) is 12.5. The maximum absolute atomic E-state index is 13.8. The Morgan fingerprint density at radius 3 is 1.75 bits per heavy atom. The summed E-state index contributed by atoms with van der Waals surface area (Å²) in [6, 6.07) is 23.3. The number of carbonyl (C=O) groups is 6. The van der Waals surface area contributed by atoms with Crippen molar-refractivity contribution in [1.29, 1.82) is 5.26 Å². The summed E-state index contributed by atoms with van der Waals surface area (Å²) in [6.45, 7) is 8.79. The number of nitrogens with zero attached hydrogens (tertiary/aromatic N) is 2. The summed E-state index contributed by atoms with van der Waals surface area (Å²) in [4.78, 5) is 79.6. The molecular weight excluding hydrogens is 1000 g/mol. The van der Waals surface area contributed by atoms with E-state index in [1.165, 1.54) is 29.5 Å². The molecule has 7 rings (SSSR count). The number of carbonyl (C=O) groups excluding carboxylic acids is 6. The average molecular weight is 1060 g/mol. The largest absolute Gasteiger partial charge is 0.465 e. The lowest BCUT2D eigenvalue weighted by atomic mass is 9.81. The summed E-state index contributed by atoms with van der Waals surface area (Å²) in [5, 5.41) is 20.9. The second-order valence-corrected chi connectivity index (χ2v) is 18.4. The summed E-state index contributed by atoms with van der Waals surface area (Å²) < 4.78 is 55.0. The molecule has 0 amide bonds. The van der Waals surface area contributed by atoms with Crippen LogP contribution in [0.15, 0.2) is 117 Å². The predicted octanol–water partition coefficient (Wildman–Crippen LogP) is 8.64. The number of aliphatic hydroxyl groups excluding tert-OH is 1. The van der Waals surface area contributed by atoms with Crippen LogP contribution in [-0.4, -0.2) is 79.2 Å². The van der Waals surface area contributed by atoms with Gasteiger partial charge in [-0.25, -0.2) is 19.4 Å². The SMILES string of the molecule is C=CC(=O)OCOc1ccc(OC(O)C2CCC(C(=O)OCCc3ccc(OC(=O)C4CCC(C(=O)Oc5ccc(OCOC(=O)C=C)c(OCOC(=O)C=C)c5)CC4)c4nc(-c5ccc(C#N)cc5)sc34)CC2)cc1. The topological polar surface area (TPSA) is 252 Å². The van der Waals surface area contributed by atoms with Crippen molar-refractivity contribution in [2.24, 2.45) is 23.7 Å². The van der Waals surface area contributed by atoms with Crippen LogP contribution in [0.4, 0.5) is 0 Å². The number of ether oxygens (including phenoxy) is 10. The molecule has 1 aromatic heterocycles. The van der Waals surface area contributed by atoms with Gasteiger partial charge >= 0.3 is 35.8 Å². The van der Waals surface area contributed by atoms with Gasteiger partial charge in [0.1, 0.15) is 27.8 Å². The highest BCUT2D eigenvalue weighted by Crippen LogP contribution is 2.40. The van der Waals surface area contributed by atoms with Crippen LogP contribution >= 0.6 is 11.3 Å². The van der Waals surface area contributed by atoms with E-state index in [0.717, 1.165) is 34.1 Å². The van der Waals surface area contributed by atoms with Crippen LogP contribution in [0.25, 0.3) is 20.8 Å². The van der Waals surface area contributed by atoms with Gasteiger partial charge in [-0.05, 0) is 112 Å². The van der Waals surface area contributed by atoms with Gasteiger partial charge in [-0.3, -0.25) is 14.4 Å². The van der Waals surface area contributed by atoms with Gasteiger partial charge in [0.25, 0.3) is 0 Å². The summed E-state index contributed by atoms with van der Waals surface area (Å²) in [5.74, 6) is -3.64. The Morgan fingerprint density at radius 1 is 0.618 bits per heavy atom. The molecule has 2 saturated carbocycles. The normalized spacial score (nSPS) is 17.3. The number of aromatic nitrogens is 1. The first-order chi connectivity index (χ1) is 36.8. The monoisotopic (exact) mass is 1060 g/mol. The zero-order valence-electron chi connectivity index (χ0n) is 41.2. The molecule has 0 spiro atoms. The van der Waals surface area contributed by atoms with Crippen molar-refractivity contribution in [2.75, 3.05) is 27.0 Å². The Hall–Kier alpha value is -8.54. The molecule has 1 heterocycles. The lowest BCUT2D eigenvalue weighted by Gasteiger charge is -2.30. The molecule has 4 aromatic carbocycles. The molecule has 2 aliphatic carbocycles. The number of hydrogen-bond acceptors (Lipinski definition) is 20. The van der Waals surface area contributed by atoms with Crippen LogP contribution in [0.5, 0.6) is 34.5 Å². The molecule has 2 aliphatic rings. The number of thiazole rings is 1. The van der Waals surface area contributed by atoms with Crippen molar-refractivity contribution in [3.05, 3.63) is 128 Å². The zero-order valence-corrected chi connectivity index (χ0v) is 42.0. The molecule has 1 unspecified atom stereocenters. The van der Waals surface area contributed by atoms with Gasteiger partial charge < -0.3 is 52.5 Å². The fraction of sp³-hybridized carbons (Fsp3) is 0.321. The van der Waals surface area contributed by atoms with Crippen molar-refractivity contribution in [3.8, 4) is 51.1 Å². The molecule has 2 fully saturated rings. The maximum atomic E-state index is 13.8. The van der Waals surface area contributed by atoms with Crippen LogP contribution in [0, 0.1) is 35.0 Å². The van der Waals surface area contributed by atoms with E-state index in [9.17, 15) is 39.1 Å². The summed E-state index contributed by atoms with van der Waals surface area (Å²) >= 11 is 1.38. The second-order valence-electron chi connectivity index (χ2n) is 17.4. The van der Waals surface area contributed by atoms with E-state index in [0.29, 0.717) is 85.4 Å². The quantitative estimate of drug-likeness (QED) is 0.0199. The number of fused-ring (bicyclic) bond motifs is 1. The van der Waals surface area contributed by atoms with E-state index in [2.05, 4.69) is 25.8 Å². The molecule has 0 aliphatic heterocycles. The Bertz CT molecular complexity index is 2950. The first-order valence-corrected chi connectivity index (χ1v) is 25.0. The Labute approximate surface area is 441 Å². The lowest BCUT2D eigenvalue weighted by Crippen LogP contribution is -2.32. The average Bonchev–Trinajstić information content (AvgIpc) is 3.91. The molecule has 1 atom stereocenters. The molecule has 19 nitrogen and oxygen atoms in total. The molecule has 0 bridgehead atoms. The molecule has 0 radical (unpaired) electrons. The van der Waals surface area contributed by atoms with E-state index < -0.39 is 61.6 Å². The third-order valence-corrected chi connectivity index (χ3v) is 13.7. The molecule has 20 heteroatoms. The highest BCUT2D eigenvalue weighted by molar-refractivity contribution is 7.21. The molecular formula is C56H54N2O17S. The van der Waals surface area contributed by atoms with Crippen LogP contribution in [0.1, 0.15) is 62.5 Å². The van der Waals surface area contributed by atoms with Gasteiger partial charge in [-0.2, -0.15) is 5.26 Å². The number of nitriles is 1. The smallest absolute Gasteiger partial charge is 0.333 e. The van der Waals surface area contributed by atoms with Crippen molar-refractivity contribution in [1.82, 2.24) is 4.98 Å². The molecule has 396 valence electrons. The number of rotatable bonds is 24. The molecule has 76 heavy (non-hydrogen) atoms. The van der Waals surface area contributed by atoms with Crippen molar-refractivity contribution < 1.29 is 81.2 Å². The predicted molar refractivity (Wildman–Crippen MR) is 271 cm³/mol. The van der Waals surface area contributed by atoms with E-state index in [1.807, 2.05) is 6.07 Å². The number of hydrogen-bond donors (Lipinski definition) is 1. The fourth-order valence-corrected chi connectivity index (χ4v) is 9.50. The number of benzene rings is 4. The number of esters is 6. The van der Waals surface area contributed by atoms with Crippen molar-refractivity contribution >= 4 is 57.4 Å². The Kier molecular flexibility index (Phi) is 19.7. The summed E-state index contributed by atoms with van der Waals surface area (Å²) in [5.41, 5.74) is 2.52. The van der Waals surface area contributed by atoms with Crippen LogP contribution in [-0.2, 0) is 54.1 Å². The molecule has 5 aromatic rings. The Balaban J connectivity index is 0.921. The minimum atomic E-state index is -1.09. The van der Waals surface area contributed by atoms with Gasteiger partial charge in [0, 0.05) is 42.2 Å². The third kappa shape index (κ3) is 15.3. The minimum Gasteiger partial charge on any atom is -0.465 e. The standard InChI is InChI=1S/C56H54N2O17S/c1-4-47(59)70-31-67-41-20-22-42(23-21-41)73-54(63)38-13-11-37(12-14-38)53(62)66-28-27-35-19-25-45(50-51(35)76-52(58-50)36-9-7-34(30-57)8-10-36)75-56(65)40-17-15-39(16-18-40)55(64)74-43-24-26-44(68-32-71-48(60)5-2)46(29-43)69-33-72-49(61)6-3/h4-10,19-26,29,37-40,54,63H,1-3,11-18,27-28,31-33H2. The van der Waals surface area contributed by atoms with Crippen molar-refractivity contribution in [2.45, 2.75) is 64.1 Å². The van der Waals surface area contributed by atoms with Gasteiger partial charge in [0.2, 0.25) is 20.4 Å². The fourth-order valence-electron chi connectivity index (χ4n) is 8.37. The van der Waals surface area contributed by atoms with Gasteiger partial charge in [0.05, 0.1) is 40.7 Å². The highest BCUT2D eigenvalue weighted by Gasteiger charge is 2.34. The van der Waals surface area contributed by atoms with Crippen LogP contribution in [0.3, 0.4) is 0 Å². The van der Waals surface area contributed by atoms with E-state index in [-0.39, 0.29) is 54.2 Å². The lowest BCUT2D eigenvalue weighted by molar-refractivity contribution is -0.151. The van der Waals surface area contributed by atoms with Crippen molar-refractivity contribution in [3.63, 3.8) is 0 Å². The first kappa shape index (κ1) is 55.2. The minimum absolute atomic E-state index is 0.0237. The first-order valence-electron chi connectivity index (χ1n) is 24.2. The van der Waals surface area contributed by atoms with E-state index in [4.69, 9.17) is 52.4 Å². The van der Waals surface area contributed by atoms with Crippen LogP contribution in [0.2, 0.25) is 0 Å². The zero-order chi connectivity index (χ0) is 54.0. The molecule has 1 N–H and O–H groups in total. The second kappa shape index (κ2) is 27.1. The maximum Gasteiger partial charge on any atom is 0.333 e. The highest BCUT2D eigenvalue weighted by atomic mass is 32.1. The molecule has 0 saturated heterocycles. The van der Waals surface area contributed by atoms with Gasteiger partial charge in [-0.15, -0.1) is 11.3 Å². The summed E-state index contributed by atoms with van der Waals surface area (Å²) in [7, 11) is 0. The Morgan fingerprint density at radius 2 is 1.14 bits per heavy atom. The number of aliphatic hydroxyl groups is 1. The van der Waals surface area contributed by atoms with Gasteiger partial charge in [-0.1, -0.05) is 37.9 Å². The summed E-state index contributed by atoms with van der Waals surface area (Å²) in [6.07, 6.45) is 5.72. The van der Waals surface area contributed by atoms with Crippen LogP contribution < -0.4 is 28.4 Å².